The fraction of sp³-hybridized carbons (Fsp3) is 0.269. The highest BCUT2D eigenvalue weighted by Gasteiger charge is 2.36. The number of benzene rings is 2. The Morgan fingerprint density at radius 3 is 2.38 bits per heavy atom. The summed E-state index contributed by atoms with van der Waals surface area (Å²) in [5.41, 5.74) is 2.49. The number of carbonyl (C=O) groups excluding carboxylic acids is 3. The smallest absolute Gasteiger partial charge is 0.340 e. The molecule has 0 saturated carbocycles. The van der Waals surface area contributed by atoms with E-state index in [9.17, 15) is 14.4 Å². The zero-order valence-corrected chi connectivity index (χ0v) is 19.5. The van der Waals surface area contributed by atoms with Gasteiger partial charge in [0.15, 0.2) is 6.61 Å². The van der Waals surface area contributed by atoms with Crippen molar-refractivity contribution in [3.63, 3.8) is 0 Å². The molecule has 178 valence electrons. The molecule has 0 bridgehead atoms. The van der Waals surface area contributed by atoms with E-state index < -0.39 is 5.97 Å². The molecule has 0 saturated heterocycles. The van der Waals surface area contributed by atoms with Crippen LogP contribution in [-0.2, 0) is 23.9 Å². The maximum Gasteiger partial charge on any atom is 0.340 e. The van der Waals surface area contributed by atoms with Crippen molar-refractivity contribution in [1.82, 2.24) is 4.90 Å². The number of anilines is 1. The Labute approximate surface area is 198 Å². The van der Waals surface area contributed by atoms with Gasteiger partial charge in [-0.3, -0.25) is 9.59 Å². The van der Waals surface area contributed by atoms with Gasteiger partial charge in [-0.2, -0.15) is 0 Å². The van der Waals surface area contributed by atoms with Gasteiger partial charge in [-0.15, -0.1) is 0 Å². The number of rotatable bonds is 10. The van der Waals surface area contributed by atoms with E-state index in [0.29, 0.717) is 42.3 Å². The number of para-hydroxylation sites is 1. The van der Waals surface area contributed by atoms with Crippen LogP contribution in [0.1, 0.15) is 18.9 Å². The molecule has 1 heterocycles. The highest BCUT2D eigenvalue weighted by Crippen LogP contribution is 2.32. The number of nitrogens with one attached hydrogen (secondary N) is 1. The first-order chi connectivity index (χ1) is 16.4. The molecule has 2 aromatic rings. The standard InChI is InChI=1S/C26H28N2O6/c1-18-24(26(31)33-3)22(25(30)28(18)14-7-15-32-2)16-19-10-12-21(13-11-19)34-17-23(29)27-20-8-5-4-6-9-20/h4-6,8-13,16H,7,14-15,17H2,1-3H3,(H,27,29)/b22-16-. The number of hydrogen-bond donors (Lipinski definition) is 1. The van der Waals surface area contributed by atoms with Crippen LogP contribution < -0.4 is 10.1 Å². The highest BCUT2D eigenvalue weighted by atomic mass is 16.5. The number of amides is 2. The minimum atomic E-state index is -0.560. The molecule has 0 fully saturated rings. The van der Waals surface area contributed by atoms with Crippen LogP contribution in [0.2, 0.25) is 0 Å². The van der Waals surface area contributed by atoms with Crippen molar-refractivity contribution in [2.45, 2.75) is 13.3 Å². The van der Waals surface area contributed by atoms with E-state index in [4.69, 9.17) is 14.2 Å². The van der Waals surface area contributed by atoms with Crippen molar-refractivity contribution < 1.29 is 28.6 Å². The van der Waals surface area contributed by atoms with Crippen molar-refractivity contribution in [3.05, 3.63) is 77.0 Å². The lowest BCUT2D eigenvalue weighted by Gasteiger charge is -2.17. The largest absolute Gasteiger partial charge is 0.484 e. The molecule has 34 heavy (non-hydrogen) atoms. The fourth-order valence-electron chi connectivity index (χ4n) is 3.56. The number of hydrogen-bond acceptors (Lipinski definition) is 6. The molecular formula is C26H28N2O6. The zero-order chi connectivity index (χ0) is 24.5. The summed E-state index contributed by atoms with van der Waals surface area (Å²) >= 11 is 0. The van der Waals surface area contributed by atoms with E-state index in [2.05, 4.69) is 5.32 Å². The predicted octanol–water partition coefficient (Wildman–Crippen LogP) is 3.41. The molecule has 0 spiro atoms. The van der Waals surface area contributed by atoms with Gasteiger partial charge < -0.3 is 24.4 Å². The van der Waals surface area contributed by atoms with Gasteiger partial charge in [-0.05, 0) is 49.2 Å². The van der Waals surface area contributed by atoms with Gasteiger partial charge in [-0.1, -0.05) is 30.3 Å². The van der Waals surface area contributed by atoms with Crippen LogP contribution in [-0.4, -0.2) is 56.7 Å². The molecule has 2 aromatic carbocycles. The number of esters is 1. The van der Waals surface area contributed by atoms with Gasteiger partial charge in [0.2, 0.25) is 0 Å². The first kappa shape index (κ1) is 24.7. The third-order valence-electron chi connectivity index (χ3n) is 5.25. The Bertz CT molecular complexity index is 1090. The van der Waals surface area contributed by atoms with Crippen LogP contribution in [0.5, 0.6) is 5.75 Å². The Kier molecular flexibility index (Phi) is 8.59. The quantitative estimate of drug-likeness (QED) is 0.329. The second kappa shape index (κ2) is 11.8. The molecule has 0 atom stereocenters. The van der Waals surface area contributed by atoms with E-state index in [-0.39, 0.29) is 29.6 Å². The summed E-state index contributed by atoms with van der Waals surface area (Å²) in [5, 5.41) is 2.75. The normalized spacial score (nSPS) is 14.5. The van der Waals surface area contributed by atoms with Crippen molar-refractivity contribution in [2.75, 3.05) is 39.3 Å². The zero-order valence-electron chi connectivity index (χ0n) is 19.5. The van der Waals surface area contributed by atoms with E-state index in [1.807, 2.05) is 18.2 Å². The van der Waals surface area contributed by atoms with Crippen LogP contribution in [0.15, 0.2) is 71.4 Å². The summed E-state index contributed by atoms with van der Waals surface area (Å²) in [6, 6.07) is 16.0. The highest BCUT2D eigenvalue weighted by molar-refractivity contribution is 6.16. The molecule has 2 amide bonds. The lowest BCUT2D eigenvalue weighted by molar-refractivity contribution is -0.136. The van der Waals surface area contributed by atoms with Gasteiger partial charge in [0.1, 0.15) is 5.75 Å². The van der Waals surface area contributed by atoms with Gasteiger partial charge in [0, 0.05) is 31.6 Å². The lowest BCUT2D eigenvalue weighted by Crippen LogP contribution is -2.26. The summed E-state index contributed by atoms with van der Waals surface area (Å²) in [4.78, 5) is 39.1. The SMILES string of the molecule is COCCCN1C(=O)/C(=C\c2ccc(OCC(=O)Nc3ccccc3)cc2)C(C(=O)OC)=C1C. The van der Waals surface area contributed by atoms with E-state index in [1.165, 1.54) is 7.11 Å². The number of carbonyl (C=O) groups is 3. The van der Waals surface area contributed by atoms with Crippen molar-refractivity contribution in [3.8, 4) is 5.75 Å². The lowest BCUT2D eigenvalue weighted by atomic mass is 10.0. The Morgan fingerprint density at radius 1 is 1.03 bits per heavy atom. The summed E-state index contributed by atoms with van der Waals surface area (Å²) in [6.45, 7) is 2.54. The molecule has 8 nitrogen and oxygen atoms in total. The third-order valence-corrected chi connectivity index (χ3v) is 5.25. The van der Waals surface area contributed by atoms with Crippen LogP contribution >= 0.6 is 0 Å². The first-order valence-corrected chi connectivity index (χ1v) is 10.8. The molecule has 0 aliphatic carbocycles. The predicted molar refractivity (Wildman–Crippen MR) is 128 cm³/mol. The molecule has 1 N–H and O–H groups in total. The Morgan fingerprint density at radius 2 is 1.74 bits per heavy atom. The first-order valence-electron chi connectivity index (χ1n) is 10.8. The molecule has 1 aliphatic rings. The minimum absolute atomic E-state index is 0.140. The summed E-state index contributed by atoms with van der Waals surface area (Å²) in [6.07, 6.45) is 2.30. The number of nitrogens with zero attached hydrogens (tertiary/aromatic N) is 1. The maximum atomic E-state index is 13.0. The molecule has 0 unspecified atom stereocenters. The number of methoxy groups -OCH3 is 2. The molecule has 0 aromatic heterocycles. The Balaban J connectivity index is 1.69. The van der Waals surface area contributed by atoms with Crippen molar-refractivity contribution in [1.29, 1.82) is 0 Å². The molecule has 1 aliphatic heterocycles. The second-order valence-corrected chi connectivity index (χ2v) is 7.59. The number of ether oxygens (including phenoxy) is 3. The average molecular weight is 465 g/mol. The summed E-state index contributed by atoms with van der Waals surface area (Å²) < 4.78 is 15.5. The van der Waals surface area contributed by atoms with Gasteiger partial charge in [-0.25, -0.2) is 4.79 Å². The third kappa shape index (κ3) is 6.11. The minimum Gasteiger partial charge on any atom is -0.484 e. The monoisotopic (exact) mass is 464 g/mol. The average Bonchev–Trinajstić information content (AvgIpc) is 3.08. The van der Waals surface area contributed by atoms with Gasteiger partial charge in [0.05, 0.1) is 18.3 Å². The molecule has 0 radical (unpaired) electrons. The van der Waals surface area contributed by atoms with Crippen LogP contribution in [0.4, 0.5) is 5.69 Å². The van der Waals surface area contributed by atoms with Crippen molar-refractivity contribution >= 4 is 29.5 Å². The van der Waals surface area contributed by atoms with E-state index >= 15 is 0 Å². The maximum absolute atomic E-state index is 13.0. The van der Waals surface area contributed by atoms with Crippen LogP contribution in [0.25, 0.3) is 6.08 Å². The molecule has 8 heteroatoms. The van der Waals surface area contributed by atoms with Crippen molar-refractivity contribution in [2.24, 2.45) is 0 Å². The second-order valence-electron chi connectivity index (χ2n) is 7.59. The fourth-order valence-corrected chi connectivity index (χ4v) is 3.56. The topological polar surface area (TPSA) is 94.2 Å². The number of allylic oxidation sites excluding steroid dienone is 1. The summed E-state index contributed by atoms with van der Waals surface area (Å²) in [7, 11) is 2.89. The van der Waals surface area contributed by atoms with Gasteiger partial charge >= 0.3 is 5.97 Å². The van der Waals surface area contributed by atoms with Crippen LogP contribution in [0, 0.1) is 0 Å². The molecule has 3 rings (SSSR count). The van der Waals surface area contributed by atoms with E-state index in [1.54, 1.807) is 61.4 Å². The van der Waals surface area contributed by atoms with E-state index in [0.717, 1.165) is 0 Å². The van der Waals surface area contributed by atoms with Gasteiger partial charge in [0.25, 0.3) is 11.8 Å². The Hall–Kier alpha value is -3.91. The van der Waals surface area contributed by atoms with Crippen LogP contribution in [0.3, 0.4) is 0 Å². The summed E-state index contributed by atoms with van der Waals surface area (Å²) in [5.74, 6) is -0.585. The molecular weight excluding hydrogens is 436 g/mol.